The van der Waals surface area contributed by atoms with Crippen LogP contribution in [0.4, 0.5) is 20.2 Å². The maximum Gasteiger partial charge on any atom is 0.270 e. The predicted octanol–water partition coefficient (Wildman–Crippen LogP) is 4.90. The summed E-state index contributed by atoms with van der Waals surface area (Å²) >= 11 is 7.23. The molecule has 0 aliphatic carbocycles. The first-order valence-electron chi connectivity index (χ1n) is 6.02. The lowest BCUT2D eigenvalue weighted by Crippen LogP contribution is -2.07. The molecule has 2 rings (SSSR count). The van der Waals surface area contributed by atoms with Crippen molar-refractivity contribution in [3.63, 3.8) is 0 Å². The molecule has 0 radical (unpaired) electrons. The van der Waals surface area contributed by atoms with Crippen LogP contribution >= 0.6 is 22.9 Å². The number of hydrogen-bond donors (Lipinski definition) is 1. The summed E-state index contributed by atoms with van der Waals surface area (Å²) in [5, 5.41) is 13.5. The molecule has 0 saturated heterocycles. The number of nitrogens with one attached hydrogen (secondary N) is 1. The lowest BCUT2D eigenvalue weighted by Gasteiger charge is -2.11. The first-order chi connectivity index (χ1) is 9.97. The van der Waals surface area contributed by atoms with Gasteiger partial charge in [0.05, 0.1) is 9.26 Å². The van der Waals surface area contributed by atoms with Gasteiger partial charge in [0.25, 0.3) is 12.1 Å². The van der Waals surface area contributed by atoms with Gasteiger partial charge in [0, 0.05) is 34.8 Å². The highest BCUT2D eigenvalue weighted by atomic mass is 35.5. The fraction of sp³-hybridized carbons (Fsp3) is 0.231. The molecule has 1 N–H and O–H groups in total. The molecule has 8 heteroatoms. The Hall–Kier alpha value is -1.73. The Morgan fingerprint density at radius 3 is 2.67 bits per heavy atom. The van der Waals surface area contributed by atoms with Crippen molar-refractivity contribution in [2.75, 3.05) is 11.9 Å². The molecule has 0 fully saturated rings. The third kappa shape index (κ3) is 4.12. The van der Waals surface area contributed by atoms with Crippen LogP contribution in [0.2, 0.25) is 4.34 Å². The van der Waals surface area contributed by atoms with E-state index in [-0.39, 0.29) is 16.9 Å². The third-order valence-corrected chi connectivity index (χ3v) is 4.09. The van der Waals surface area contributed by atoms with E-state index in [9.17, 15) is 18.9 Å². The number of benzene rings is 1. The first-order valence-corrected chi connectivity index (χ1v) is 7.21. The zero-order chi connectivity index (χ0) is 15.4. The maximum atomic E-state index is 12.9. The molecule has 21 heavy (non-hydrogen) atoms. The second-order valence-corrected chi connectivity index (χ2v) is 6.01. The van der Waals surface area contributed by atoms with Crippen molar-refractivity contribution in [2.45, 2.75) is 12.8 Å². The van der Waals surface area contributed by atoms with E-state index in [0.29, 0.717) is 17.3 Å². The average Bonchev–Trinajstić information content (AvgIpc) is 2.84. The van der Waals surface area contributed by atoms with E-state index in [2.05, 4.69) is 5.32 Å². The Morgan fingerprint density at radius 1 is 1.33 bits per heavy atom. The van der Waals surface area contributed by atoms with Gasteiger partial charge in [0.1, 0.15) is 0 Å². The van der Waals surface area contributed by atoms with E-state index in [4.69, 9.17) is 11.6 Å². The van der Waals surface area contributed by atoms with Crippen LogP contribution in [0.1, 0.15) is 16.9 Å². The van der Waals surface area contributed by atoms with Crippen LogP contribution in [0.15, 0.2) is 30.3 Å². The molecule has 0 spiro atoms. The summed E-state index contributed by atoms with van der Waals surface area (Å²) in [6.07, 6.45) is -2.14. The highest BCUT2D eigenvalue weighted by molar-refractivity contribution is 7.16. The van der Waals surface area contributed by atoms with Crippen molar-refractivity contribution >= 4 is 34.3 Å². The van der Waals surface area contributed by atoms with Crippen LogP contribution in [-0.2, 0) is 6.42 Å². The van der Waals surface area contributed by atoms with Crippen molar-refractivity contribution in [1.29, 1.82) is 0 Å². The normalized spacial score (nSPS) is 10.9. The molecule has 0 unspecified atom stereocenters. The summed E-state index contributed by atoms with van der Waals surface area (Å²) in [6, 6.07) is 7.06. The smallest absolute Gasteiger partial charge is 0.270 e. The molecule has 0 aliphatic rings. The molecule has 0 atom stereocenters. The van der Waals surface area contributed by atoms with Crippen LogP contribution in [0.3, 0.4) is 0 Å². The van der Waals surface area contributed by atoms with Crippen molar-refractivity contribution in [3.05, 3.63) is 55.2 Å². The third-order valence-electron chi connectivity index (χ3n) is 2.80. The second kappa shape index (κ2) is 6.82. The lowest BCUT2D eigenvalue weighted by atomic mass is 10.1. The van der Waals surface area contributed by atoms with Gasteiger partial charge in [0.2, 0.25) is 0 Å². The lowest BCUT2D eigenvalue weighted by molar-refractivity contribution is -0.385. The molecule has 1 heterocycles. The zero-order valence-electron chi connectivity index (χ0n) is 10.7. The van der Waals surface area contributed by atoms with E-state index >= 15 is 0 Å². The molecule has 2 aromatic rings. The molecule has 0 aliphatic heterocycles. The van der Waals surface area contributed by atoms with Crippen LogP contribution < -0.4 is 5.32 Å². The minimum Gasteiger partial charge on any atom is -0.384 e. The summed E-state index contributed by atoms with van der Waals surface area (Å²) in [6.45, 7) is 0.439. The Balaban J connectivity index is 2.06. The predicted molar refractivity (Wildman–Crippen MR) is 79.6 cm³/mol. The van der Waals surface area contributed by atoms with Crippen LogP contribution in [-0.4, -0.2) is 11.5 Å². The number of nitro benzene ring substituents is 1. The fourth-order valence-corrected chi connectivity index (χ4v) is 2.90. The van der Waals surface area contributed by atoms with Crippen LogP contribution in [0.25, 0.3) is 0 Å². The molecular weight excluding hydrogens is 322 g/mol. The number of halogens is 3. The Labute approximate surface area is 128 Å². The standard InChI is InChI=1S/C13H11ClF2N2O2S/c14-12-4-2-9(21-12)5-6-17-11-3-1-8(18(19)20)7-10(11)13(15)16/h1-4,7,13,17H,5-6H2. The molecule has 112 valence electrons. The molecule has 1 aromatic heterocycles. The average molecular weight is 333 g/mol. The van der Waals surface area contributed by atoms with Gasteiger partial charge in [-0.15, -0.1) is 11.3 Å². The summed E-state index contributed by atoms with van der Waals surface area (Å²) in [4.78, 5) is 11.0. The number of alkyl halides is 2. The number of anilines is 1. The van der Waals surface area contributed by atoms with Gasteiger partial charge < -0.3 is 5.32 Å². The monoisotopic (exact) mass is 332 g/mol. The summed E-state index contributed by atoms with van der Waals surface area (Å²) in [5.74, 6) is 0. The topological polar surface area (TPSA) is 55.2 Å². The molecule has 0 saturated carbocycles. The number of non-ortho nitro benzene ring substituents is 1. The van der Waals surface area contributed by atoms with Crippen molar-refractivity contribution in [3.8, 4) is 0 Å². The van der Waals surface area contributed by atoms with Crippen LogP contribution in [0.5, 0.6) is 0 Å². The quantitative estimate of drug-likeness (QED) is 0.604. The van der Waals surface area contributed by atoms with Gasteiger partial charge in [-0.2, -0.15) is 0 Å². The number of hydrogen-bond acceptors (Lipinski definition) is 4. The molecule has 4 nitrogen and oxygen atoms in total. The Morgan fingerprint density at radius 2 is 2.10 bits per heavy atom. The molecule has 0 amide bonds. The van der Waals surface area contributed by atoms with E-state index in [1.54, 1.807) is 6.07 Å². The van der Waals surface area contributed by atoms with Gasteiger partial charge >= 0.3 is 0 Å². The van der Waals surface area contributed by atoms with Gasteiger partial charge in [0.15, 0.2) is 0 Å². The largest absolute Gasteiger partial charge is 0.384 e. The fourth-order valence-electron chi connectivity index (χ4n) is 1.81. The highest BCUT2D eigenvalue weighted by Crippen LogP contribution is 2.30. The van der Waals surface area contributed by atoms with Crippen LogP contribution in [0, 0.1) is 10.1 Å². The summed E-state index contributed by atoms with van der Waals surface area (Å²) < 4.78 is 26.6. The number of thiophene rings is 1. The van der Waals surface area contributed by atoms with E-state index in [0.717, 1.165) is 10.9 Å². The molecule has 0 bridgehead atoms. The second-order valence-electron chi connectivity index (χ2n) is 4.21. The Bertz CT molecular complexity index is 649. The molecule has 1 aromatic carbocycles. The van der Waals surface area contributed by atoms with Gasteiger partial charge in [-0.3, -0.25) is 10.1 Å². The minimum absolute atomic E-state index is 0.207. The van der Waals surface area contributed by atoms with Gasteiger partial charge in [-0.05, 0) is 24.6 Å². The summed E-state index contributed by atoms with van der Waals surface area (Å²) in [7, 11) is 0. The first kappa shape index (κ1) is 15.7. The zero-order valence-corrected chi connectivity index (χ0v) is 12.3. The van der Waals surface area contributed by atoms with Gasteiger partial charge in [-0.25, -0.2) is 8.78 Å². The van der Waals surface area contributed by atoms with Crippen molar-refractivity contribution < 1.29 is 13.7 Å². The van der Waals surface area contributed by atoms with E-state index in [1.807, 2.05) is 6.07 Å². The number of nitrogens with zero attached hydrogens (tertiary/aromatic N) is 1. The van der Waals surface area contributed by atoms with Gasteiger partial charge in [-0.1, -0.05) is 11.6 Å². The van der Waals surface area contributed by atoms with E-state index < -0.39 is 11.3 Å². The maximum absolute atomic E-state index is 12.9. The van der Waals surface area contributed by atoms with E-state index in [1.165, 1.54) is 23.5 Å². The Kier molecular flexibility index (Phi) is 5.08. The SMILES string of the molecule is O=[N+]([O-])c1ccc(NCCc2ccc(Cl)s2)c(C(F)F)c1. The summed E-state index contributed by atoms with van der Waals surface area (Å²) in [5.41, 5.74) is -0.507. The van der Waals surface area contributed by atoms with Crippen molar-refractivity contribution in [1.82, 2.24) is 0 Å². The molecular formula is C13H11ClF2N2O2S. The highest BCUT2D eigenvalue weighted by Gasteiger charge is 2.17. The minimum atomic E-state index is -2.77. The van der Waals surface area contributed by atoms with Crippen molar-refractivity contribution in [2.24, 2.45) is 0 Å². The number of nitro groups is 1. The number of rotatable bonds is 6.